The fraction of sp³-hybridized carbons (Fsp3) is 0.857. The molecule has 0 aliphatic rings. The van der Waals surface area contributed by atoms with E-state index in [1.165, 1.54) is 89.9 Å². The molecular weight excluding hydrogens is 503 g/mol. The third-order valence-corrected chi connectivity index (χ3v) is 7.34. The second-order valence-corrected chi connectivity index (χ2v) is 11.2. The summed E-state index contributed by atoms with van der Waals surface area (Å²) >= 11 is 0. The number of allylic oxidation sites excluding steroid dienone is 1. The maximum atomic E-state index is 12.0. The standard InChI is InChI=1S/C28H52O7S.Na/c1-3-5-7-8-9-10-11-12-13-14-15-16-17-18-19-20-21-22-24-35-28(30)26(36(31,32)33)25-27(29)34-23-6-4-2;/h4,6,26H,3,5,7-25H2,1-2H3,(H,31,32,33);/q;+1/p-1/b6-4+;. The van der Waals surface area contributed by atoms with Crippen LogP contribution in [0.2, 0.25) is 0 Å². The molecule has 0 aliphatic heterocycles. The van der Waals surface area contributed by atoms with Crippen molar-refractivity contribution < 1.29 is 61.6 Å². The van der Waals surface area contributed by atoms with E-state index in [1.54, 1.807) is 19.1 Å². The first-order valence-electron chi connectivity index (χ1n) is 14.2. The molecule has 0 heterocycles. The average Bonchev–Trinajstić information content (AvgIpc) is 2.83. The molecule has 0 saturated heterocycles. The van der Waals surface area contributed by atoms with Crippen LogP contribution in [-0.4, -0.2) is 43.4 Å². The van der Waals surface area contributed by atoms with Crippen LogP contribution >= 0.6 is 0 Å². The predicted molar refractivity (Wildman–Crippen MR) is 144 cm³/mol. The molecule has 0 spiro atoms. The van der Waals surface area contributed by atoms with Gasteiger partial charge in [-0.1, -0.05) is 128 Å². The molecule has 0 aromatic heterocycles. The molecular formula is C28H51NaO7S. The fourth-order valence-electron chi connectivity index (χ4n) is 4.02. The molecule has 1 unspecified atom stereocenters. The van der Waals surface area contributed by atoms with Crippen molar-refractivity contribution in [2.45, 2.75) is 141 Å². The largest absolute Gasteiger partial charge is 1.00 e. The first-order chi connectivity index (χ1) is 17.3. The van der Waals surface area contributed by atoms with Gasteiger partial charge in [0.05, 0.1) is 13.0 Å². The number of hydrogen-bond acceptors (Lipinski definition) is 7. The van der Waals surface area contributed by atoms with Crippen molar-refractivity contribution in [3.63, 3.8) is 0 Å². The van der Waals surface area contributed by atoms with Crippen LogP contribution in [0.15, 0.2) is 12.2 Å². The number of hydrogen-bond donors (Lipinski definition) is 0. The van der Waals surface area contributed by atoms with E-state index in [0.29, 0.717) is 6.42 Å². The van der Waals surface area contributed by atoms with Crippen LogP contribution in [0.5, 0.6) is 0 Å². The van der Waals surface area contributed by atoms with Crippen LogP contribution in [0, 0.1) is 0 Å². The zero-order valence-electron chi connectivity index (χ0n) is 23.8. The van der Waals surface area contributed by atoms with Crippen LogP contribution in [0.25, 0.3) is 0 Å². The molecule has 0 aliphatic carbocycles. The summed E-state index contributed by atoms with van der Waals surface area (Å²) in [5.41, 5.74) is 0. The van der Waals surface area contributed by atoms with Crippen molar-refractivity contribution in [3.05, 3.63) is 12.2 Å². The molecule has 1 atom stereocenters. The summed E-state index contributed by atoms with van der Waals surface area (Å²) in [4.78, 5) is 23.7. The molecule has 0 bridgehead atoms. The second-order valence-electron chi connectivity index (χ2n) is 9.62. The number of carbonyl (C=O) groups excluding carboxylic acids is 2. The minimum Gasteiger partial charge on any atom is -0.747 e. The van der Waals surface area contributed by atoms with Crippen LogP contribution in [-0.2, 0) is 29.2 Å². The molecule has 7 nitrogen and oxygen atoms in total. The first kappa shape index (κ1) is 38.7. The maximum Gasteiger partial charge on any atom is 1.00 e. The van der Waals surface area contributed by atoms with E-state index in [1.807, 2.05) is 0 Å². The minimum atomic E-state index is -5.01. The summed E-state index contributed by atoms with van der Waals surface area (Å²) in [5.74, 6) is -2.11. The molecule has 0 aromatic rings. The van der Waals surface area contributed by atoms with Gasteiger partial charge in [-0.3, -0.25) is 9.59 Å². The van der Waals surface area contributed by atoms with Gasteiger partial charge < -0.3 is 14.0 Å². The molecule has 9 heteroatoms. The van der Waals surface area contributed by atoms with E-state index >= 15 is 0 Å². The molecule has 0 rings (SSSR count). The zero-order valence-corrected chi connectivity index (χ0v) is 26.7. The number of unbranched alkanes of at least 4 members (excludes halogenated alkanes) is 17. The smallest absolute Gasteiger partial charge is 0.747 e. The molecule has 0 radical (unpaired) electrons. The number of rotatable bonds is 25. The van der Waals surface area contributed by atoms with Crippen LogP contribution in [0.1, 0.15) is 136 Å². The normalized spacial score (nSPS) is 12.3. The Kier molecular flexibility index (Phi) is 28.4. The summed E-state index contributed by atoms with van der Waals surface area (Å²) in [7, 11) is -5.01. The van der Waals surface area contributed by atoms with Gasteiger partial charge in [0.1, 0.15) is 16.7 Å². The van der Waals surface area contributed by atoms with Crippen molar-refractivity contribution >= 4 is 22.1 Å². The summed E-state index contributed by atoms with van der Waals surface area (Å²) in [5, 5.41) is -2.06. The number of ether oxygens (including phenoxy) is 2. The van der Waals surface area contributed by atoms with Gasteiger partial charge >= 0.3 is 41.5 Å². The molecule has 37 heavy (non-hydrogen) atoms. The number of esters is 2. The van der Waals surface area contributed by atoms with E-state index in [0.717, 1.165) is 19.3 Å². The van der Waals surface area contributed by atoms with Gasteiger partial charge in [0.15, 0.2) is 5.25 Å². The van der Waals surface area contributed by atoms with Crippen molar-refractivity contribution in [1.29, 1.82) is 0 Å². The third kappa shape index (κ3) is 25.6. The Morgan fingerprint density at radius 2 is 1.14 bits per heavy atom. The summed E-state index contributed by atoms with van der Waals surface area (Å²) in [6.45, 7) is 3.98. The Hall–Kier alpha value is -0.410. The number of carbonyl (C=O) groups is 2. The van der Waals surface area contributed by atoms with Crippen LogP contribution in [0.3, 0.4) is 0 Å². The Bertz CT molecular complexity index is 680. The second kappa shape index (κ2) is 27.2. The Morgan fingerprint density at radius 3 is 1.51 bits per heavy atom. The monoisotopic (exact) mass is 554 g/mol. The van der Waals surface area contributed by atoms with Gasteiger partial charge in [0, 0.05) is 0 Å². The van der Waals surface area contributed by atoms with E-state index in [-0.39, 0.29) is 42.8 Å². The van der Waals surface area contributed by atoms with Gasteiger partial charge in [-0.25, -0.2) is 8.42 Å². The zero-order chi connectivity index (χ0) is 26.9. The van der Waals surface area contributed by atoms with E-state index in [4.69, 9.17) is 9.47 Å². The summed E-state index contributed by atoms with van der Waals surface area (Å²) in [6, 6.07) is 0. The molecule has 0 fully saturated rings. The quantitative estimate of drug-likeness (QED) is 0.0552. The summed E-state index contributed by atoms with van der Waals surface area (Å²) in [6.07, 6.45) is 24.8. The predicted octanol–water partition coefficient (Wildman–Crippen LogP) is 4.00. The van der Waals surface area contributed by atoms with E-state index < -0.39 is 33.7 Å². The average molecular weight is 555 g/mol. The van der Waals surface area contributed by atoms with Gasteiger partial charge in [0.2, 0.25) is 0 Å². The van der Waals surface area contributed by atoms with Gasteiger partial charge in [-0.2, -0.15) is 0 Å². The van der Waals surface area contributed by atoms with Crippen molar-refractivity contribution in [2.75, 3.05) is 13.2 Å². The fourth-order valence-corrected chi connectivity index (χ4v) is 4.66. The van der Waals surface area contributed by atoms with Crippen molar-refractivity contribution in [3.8, 4) is 0 Å². The van der Waals surface area contributed by atoms with Gasteiger partial charge in [0.25, 0.3) is 0 Å². The van der Waals surface area contributed by atoms with E-state index in [2.05, 4.69) is 6.92 Å². The summed E-state index contributed by atoms with van der Waals surface area (Å²) < 4.78 is 43.8. The molecule has 0 saturated carbocycles. The maximum absolute atomic E-state index is 12.0. The third-order valence-electron chi connectivity index (χ3n) is 6.28. The van der Waals surface area contributed by atoms with Crippen LogP contribution in [0.4, 0.5) is 0 Å². The molecule has 212 valence electrons. The Labute approximate surface area is 248 Å². The van der Waals surface area contributed by atoms with E-state index in [9.17, 15) is 22.6 Å². The molecule has 0 amide bonds. The Balaban J connectivity index is 0. The van der Waals surface area contributed by atoms with Gasteiger partial charge in [-0.15, -0.1) is 0 Å². The minimum absolute atomic E-state index is 0. The van der Waals surface area contributed by atoms with Crippen molar-refractivity contribution in [2.24, 2.45) is 0 Å². The SMILES string of the molecule is C/C=C/COC(=O)CC(C(=O)OCCCCCCCCCCCCCCCCCCCC)S(=O)(=O)[O-].[Na+]. The Morgan fingerprint density at radius 1 is 0.730 bits per heavy atom. The first-order valence-corrected chi connectivity index (χ1v) is 15.7. The molecule has 0 N–H and O–H groups in total. The van der Waals surface area contributed by atoms with Crippen LogP contribution < -0.4 is 29.6 Å². The van der Waals surface area contributed by atoms with Gasteiger partial charge in [-0.05, 0) is 13.3 Å². The topological polar surface area (TPSA) is 110 Å². The molecule has 0 aromatic carbocycles. The van der Waals surface area contributed by atoms with Crippen molar-refractivity contribution in [1.82, 2.24) is 0 Å².